The van der Waals surface area contributed by atoms with Crippen molar-refractivity contribution in [3.05, 3.63) is 23.3 Å². The maximum atomic E-state index is 6.29. The van der Waals surface area contributed by atoms with Crippen LogP contribution >= 0.6 is 0 Å². The molecule has 1 aliphatic carbocycles. The summed E-state index contributed by atoms with van der Waals surface area (Å²) in [4.78, 5) is 5.94. The highest BCUT2D eigenvalue weighted by Gasteiger charge is 2.21. The van der Waals surface area contributed by atoms with Crippen LogP contribution in [-0.2, 0) is 0 Å². The SMILES string of the molecule is COc1cc(C2=C(CN)CCC2)c(N)cc1ON1CCCC1. The number of hydrogen-bond acceptors (Lipinski definition) is 5. The third-order valence-electron chi connectivity index (χ3n) is 4.53. The summed E-state index contributed by atoms with van der Waals surface area (Å²) in [7, 11) is 1.67. The molecule has 0 amide bonds. The molecule has 1 saturated heterocycles. The maximum Gasteiger partial charge on any atom is 0.191 e. The zero-order valence-corrected chi connectivity index (χ0v) is 13.2. The fraction of sp³-hybridized carbons (Fsp3) is 0.529. The molecule has 120 valence electrons. The quantitative estimate of drug-likeness (QED) is 0.818. The van der Waals surface area contributed by atoms with E-state index in [1.54, 1.807) is 7.11 Å². The number of nitrogens with two attached hydrogens (primary N) is 2. The van der Waals surface area contributed by atoms with Gasteiger partial charge in [-0.15, -0.1) is 5.06 Å². The Bertz CT molecular complexity index is 578. The molecular formula is C17H25N3O2. The minimum absolute atomic E-state index is 0.600. The van der Waals surface area contributed by atoms with Gasteiger partial charge in [0.15, 0.2) is 11.5 Å². The number of nitrogen functional groups attached to an aromatic ring is 1. The number of allylic oxidation sites excluding steroid dienone is 1. The molecule has 0 spiro atoms. The van der Waals surface area contributed by atoms with Gasteiger partial charge in [-0.05, 0) is 43.7 Å². The standard InChI is InChI=1S/C17H25N3O2/c1-21-16-9-14(13-6-4-5-12(13)11-18)15(19)10-17(16)22-20-7-2-3-8-20/h9-10H,2-8,11,18-19H2,1H3. The van der Waals surface area contributed by atoms with Gasteiger partial charge in [0.2, 0.25) is 0 Å². The molecule has 3 rings (SSSR count). The average Bonchev–Trinajstić information content (AvgIpc) is 3.18. The largest absolute Gasteiger partial charge is 0.493 e. The van der Waals surface area contributed by atoms with Crippen molar-refractivity contribution in [2.45, 2.75) is 32.1 Å². The van der Waals surface area contributed by atoms with E-state index in [1.165, 1.54) is 24.0 Å². The Balaban J connectivity index is 1.93. The molecule has 1 aromatic carbocycles. The van der Waals surface area contributed by atoms with Crippen LogP contribution in [0.1, 0.15) is 37.7 Å². The lowest BCUT2D eigenvalue weighted by Crippen LogP contribution is -2.23. The average molecular weight is 303 g/mol. The van der Waals surface area contributed by atoms with Gasteiger partial charge in [-0.1, -0.05) is 5.57 Å². The van der Waals surface area contributed by atoms with E-state index < -0.39 is 0 Å². The molecule has 5 heteroatoms. The van der Waals surface area contributed by atoms with Crippen molar-refractivity contribution >= 4 is 11.3 Å². The number of hydrogen-bond donors (Lipinski definition) is 2. The van der Waals surface area contributed by atoms with Gasteiger partial charge in [-0.3, -0.25) is 0 Å². The summed E-state index contributed by atoms with van der Waals surface area (Å²) >= 11 is 0. The van der Waals surface area contributed by atoms with Crippen molar-refractivity contribution < 1.29 is 9.57 Å². The van der Waals surface area contributed by atoms with Crippen LogP contribution in [0.15, 0.2) is 17.7 Å². The molecule has 0 saturated carbocycles. The Morgan fingerprint density at radius 3 is 2.55 bits per heavy atom. The number of ether oxygens (including phenoxy) is 1. The third-order valence-corrected chi connectivity index (χ3v) is 4.53. The smallest absolute Gasteiger partial charge is 0.191 e. The van der Waals surface area contributed by atoms with Crippen LogP contribution in [0.4, 0.5) is 5.69 Å². The highest BCUT2D eigenvalue weighted by atomic mass is 16.7. The molecule has 0 bridgehead atoms. The maximum absolute atomic E-state index is 6.29. The molecule has 5 nitrogen and oxygen atoms in total. The number of benzene rings is 1. The van der Waals surface area contributed by atoms with E-state index in [-0.39, 0.29) is 0 Å². The number of rotatable bonds is 5. The normalized spacial score (nSPS) is 19.0. The summed E-state index contributed by atoms with van der Waals surface area (Å²) in [6, 6.07) is 3.88. The molecule has 1 aliphatic heterocycles. The van der Waals surface area contributed by atoms with E-state index in [1.807, 2.05) is 17.2 Å². The number of methoxy groups -OCH3 is 1. The van der Waals surface area contributed by atoms with E-state index in [2.05, 4.69) is 0 Å². The first kappa shape index (κ1) is 15.2. The monoisotopic (exact) mass is 303 g/mol. The predicted octanol–water partition coefficient (Wildman–Crippen LogP) is 2.56. The number of anilines is 1. The van der Waals surface area contributed by atoms with Gasteiger partial charge in [0.25, 0.3) is 0 Å². The lowest BCUT2D eigenvalue weighted by Gasteiger charge is -2.20. The molecule has 1 fully saturated rings. The van der Waals surface area contributed by atoms with Gasteiger partial charge in [0, 0.05) is 37.0 Å². The van der Waals surface area contributed by atoms with E-state index in [0.717, 1.165) is 49.4 Å². The third kappa shape index (κ3) is 2.91. The molecular weight excluding hydrogens is 278 g/mol. The van der Waals surface area contributed by atoms with E-state index in [9.17, 15) is 0 Å². The van der Waals surface area contributed by atoms with Crippen LogP contribution in [0.3, 0.4) is 0 Å². The first-order valence-electron chi connectivity index (χ1n) is 8.04. The molecule has 4 N–H and O–H groups in total. The second-order valence-corrected chi connectivity index (χ2v) is 5.96. The second-order valence-electron chi connectivity index (χ2n) is 5.96. The summed E-state index contributed by atoms with van der Waals surface area (Å²) in [5, 5.41) is 1.97. The lowest BCUT2D eigenvalue weighted by molar-refractivity contribution is -0.0366. The van der Waals surface area contributed by atoms with Crippen molar-refractivity contribution in [1.29, 1.82) is 0 Å². The Morgan fingerprint density at radius 2 is 1.86 bits per heavy atom. The number of nitrogens with zero attached hydrogens (tertiary/aromatic N) is 1. The lowest BCUT2D eigenvalue weighted by atomic mass is 9.99. The Morgan fingerprint density at radius 1 is 1.09 bits per heavy atom. The van der Waals surface area contributed by atoms with Crippen LogP contribution in [0.2, 0.25) is 0 Å². The fourth-order valence-corrected chi connectivity index (χ4v) is 3.34. The van der Waals surface area contributed by atoms with Crippen molar-refractivity contribution in [3.8, 4) is 11.5 Å². The van der Waals surface area contributed by atoms with Gasteiger partial charge in [0.05, 0.1) is 7.11 Å². The van der Waals surface area contributed by atoms with Crippen LogP contribution in [0.5, 0.6) is 11.5 Å². The van der Waals surface area contributed by atoms with E-state index in [0.29, 0.717) is 12.3 Å². The first-order valence-corrected chi connectivity index (χ1v) is 8.04. The zero-order chi connectivity index (χ0) is 15.5. The van der Waals surface area contributed by atoms with Crippen LogP contribution in [-0.4, -0.2) is 31.8 Å². The summed E-state index contributed by atoms with van der Waals surface area (Å²) < 4.78 is 5.52. The Kier molecular flexibility index (Phi) is 4.55. The van der Waals surface area contributed by atoms with E-state index >= 15 is 0 Å². The molecule has 0 atom stereocenters. The Hall–Kier alpha value is -1.72. The van der Waals surface area contributed by atoms with E-state index in [4.69, 9.17) is 21.0 Å². The van der Waals surface area contributed by atoms with Crippen molar-refractivity contribution in [3.63, 3.8) is 0 Å². The summed E-state index contributed by atoms with van der Waals surface area (Å²) in [5.41, 5.74) is 16.5. The highest BCUT2D eigenvalue weighted by molar-refractivity contribution is 5.81. The van der Waals surface area contributed by atoms with Crippen LogP contribution in [0, 0.1) is 0 Å². The molecule has 0 aromatic heterocycles. The van der Waals surface area contributed by atoms with Crippen LogP contribution in [0.25, 0.3) is 5.57 Å². The first-order chi connectivity index (χ1) is 10.7. The number of hydroxylamine groups is 2. The highest BCUT2D eigenvalue weighted by Crippen LogP contribution is 2.41. The molecule has 0 radical (unpaired) electrons. The predicted molar refractivity (Wildman–Crippen MR) is 88.7 cm³/mol. The van der Waals surface area contributed by atoms with Crippen molar-refractivity contribution in [2.75, 3.05) is 32.5 Å². The van der Waals surface area contributed by atoms with Crippen molar-refractivity contribution in [2.24, 2.45) is 5.73 Å². The molecule has 1 aromatic rings. The summed E-state index contributed by atoms with van der Waals surface area (Å²) in [6.07, 6.45) is 5.59. The van der Waals surface area contributed by atoms with Gasteiger partial charge >= 0.3 is 0 Å². The minimum Gasteiger partial charge on any atom is -0.493 e. The summed E-state index contributed by atoms with van der Waals surface area (Å²) in [6.45, 7) is 2.50. The van der Waals surface area contributed by atoms with Gasteiger partial charge in [0.1, 0.15) is 0 Å². The minimum atomic E-state index is 0.600. The van der Waals surface area contributed by atoms with Gasteiger partial charge < -0.3 is 21.0 Å². The fourth-order valence-electron chi connectivity index (χ4n) is 3.34. The van der Waals surface area contributed by atoms with Gasteiger partial charge in [-0.25, -0.2) is 0 Å². The van der Waals surface area contributed by atoms with Gasteiger partial charge in [-0.2, -0.15) is 0 Å². The molecule has 2 aliphatic rings. The summed E-state index contributed by atoms with van der Waals surface area (Å²) in [5.74, 6) is 1.42. The topological polar surface area (TPSA) is 73.7 Å². The van der Waals surface area contributed by atoms with Crippen LogP contribution < -0.4 is 21.0 Å². The second kappa shape index (κ2) is 6.58. The molecule has 0 unspecified atom stereocenters. The molecule has 1 heterocycles. The zero-order valence-electron chi connectivity index (χ0n) is 13.2. The molecule has 22 heavy (non-hydrogen) atoms. The van der Waals surface area contributed by atoms with Crippen molar-refractivity contribution in [1.82, 2.24) is 5.06 Å². The Labute approximate surface area is 131 Å².